The van der Waals surface area contributed by atoms with E-state index in [9.17, 15) is 0 Å². The molecule has 4 heteroatoms. The Morgan fingerprint density at radius 1 is 1.25 bits per heavy atom. The fourth-order valence-electron chi connectivity index (χ4n) is 3.14. The maximum absolute atomic E-state index is 4.31. The Balaban J connectivity index is 1.40. The predicted molar refractivity (Wildman–Crippen MR) is 81.7 cm³/mol. The molecule has 112 valence electrons. The molecule has 0 spiro atoms. The second-order valence-electron chi connectivity index (χ2n) is 6.37. The first-order chi connectivity index (χ1) is 9.86. The number of nitrogens with one attached hydrogen (secondary N) is 1. The van der Waals surface area contributed by atoms with Crippen LogP contribution in [0.5, 0.6) is 0 Å². The molecular formula is C16H28N4. The Bertz CT molecular complexity index is 402. The first-order valence-corrected chi connectivity index (χ1v) is 8.33. The fourth-order valence-corrected chi connectivity index (χ4v) is 3.14. The number of unbranched alkanes of at least 4 members (excludes halogenated alkanes) is 1. The lowest BCUT2D eigenvalue weighted by atomic mass is 10.0. The molecule has 1 aromatic heterocycles. The molecule has 1 aliphatic carbocycles. The summed E-state index contributed by atoms with van der Waals surface area (Å²) in [5, 5.41) is 3.74. The third-order valence-electron chi connectivity index (χ3n) is 4.67. The summed E-state index contributed by atoms with van der Waals surface area (Å²) in [5.74, 6) is 0. The molecule has 1 saturated heterocycles. The molecule has 3 rings (SSSR count). The van der Waals surface area contributed by atoms with Crippen LogP contribution in [0.2, 0.25) is 0 Å². The zero-order valence-electron chi connectivity index (χ0n) is 12.7. The number of nitrogens with zero attached hydrogens (tertiary/aromatic N) is 3. The maximum Gasteiger partial charge on any atom is 0.0951 e. The van der Waals surface area contributed by atoms with Gasteiger partial charge in [0.2, 0.25) is 0 Å². The van der Waals surface area contributed by atoms with E-state index in [1.54, 1.807) is 0 Å². The van der Waals surface area contributed by atoms with E-state index in [1.165, 1.54) is 63.9 Å². The van der Waals surface area contributed by atoms with E-state index in [2.05, 4.69) is 26.7 Å². The summed E-state index contributed by atoms with van der Waals surface area (Å²) >= 11 is 0. The van der Waals surface area contributed by atoms with Crippen LogP contribution in [-0.2, 0) is 6.54 Å². The Morgan fingerprint density at radius 3 is 2.75 bits per heavy atom. The number of rotatable bonds is 7. The van der Waals surface area contributed by atoms with Gasteiger partial charge in [-0.05, 0) is 51.7 Å². The SMILES string of the molecule is CCCCN1CCC(NCc2cncn2C2CC2)CC1. The van der Waals surface area contributed by atoms with Crippen LogP contribution in [0.3, 0.4) is 0 Å². The van der Waals surface area contributed by atoms with Gasteiger partial charge in [-0.25, -0.2) is 4.98 Å². The molecule has 1 aromatic rings. The van der Waals surface area contributed by atoms with Crippen LogP contribution in [0.4, 0.5) is 0 Å². The van der Waals surface area contributed by atoms with E-state index >= 15 is 0 Å². The molecule has 0 bridgehead atoms. The Kier molecular flexibility index (Phi) is 4.73. The molecule has 0 radical (unpaired) electrons. The fraction of sp³-hybridized carbons (Fsp3) is 0.812. The average Bonchev–Trinajstić information content (AvgIpc) is 3.23. The van der Waals surface area contributed by atoms with Crippen molar-refractivity contribution in [3.05, 3.63) is 18.2 Å². The zero-order chi connectivity index (χ0) is 13.8. The third kappa shape index (κ3) is 3.61. The van der Waals surface area contributed by atoms with Crippen molar-refractivity contribution in [3.63, 3.8) is 0 Å². The molecule has 0 atom stereocenters. The van der Waals surface area contributed by atoms with Gasteiger partial charge in [-0.2, -0.15) is 0 Å². The number of likely N-dealkylation sites (tertiary alicyclic amines) is 1. The number of imidazole rings is 1. The topological polar surface area (TPSA) is 33.1 Å². The summed E-state index contributed by atoms with van der Waals surface area (Å²) < 4.78 is 2.36. The number of hydrogen-bond donors (Lipinski definition) is 1. The summed E-state index contributed by atoms with van der Waals surface area (Å²) in [6, 6.07) is 1.43. The van der Waals surface area contributed by atoms with E-state index < -0.39 is 0 Å². The van der Waals surface area contributed by atoms with Crippen molar-refractivity contribution in [2.75, 3.05) is 19.6 Å². The largest absolute Gasteiger partial charge is 0.330 e. The van der Waals surface area contributed by atoms with Crippen molar-refractivity contribution >= 4 is 0 Å². The Labute approximate surface area is 122 Å². The van der Waals surface area contributed by atoms with Gasteiger partial charge in [-0.1, -0.05) is 13.3 Å². The molecule has 1 aliphatic heterocycles. The molecule has 1 N–H and O–H groups in total. The lowest BCUT2D eigenvalue weighted by Crippen LogP contribution is -2.42. The van der Waals surface area contributed by atoms with Crippen molar-refractivity contribution in [2.24, 2.45) is 0 Å². The highest BCUT2D eigenvalue weighted by Crippen LogP contribution is 2.35. The van der Waals surface area contributed by atoms with Crippen LogP contribution in [0.1, 0.15) is 57.2 Å². The van der Waals surface area contributed by atoms with Crippen molar-refractivity contribution in [2.45, 2.75) is 64.1 Å². The second-order valence-corrected chi connectivity index (χ2v) is 6.37. The van der Waals surface area contributed by atoms with E-state index in [4.69, 9.17) is 0 Å². The van der Waals surface area contributed by atoms with Gasteiger partial charge in [0.25, 0.3) is 0 Å². The number of aromatic nitrogens is 2. The molecule has 2 heterocycles. The molecule has 0 aromatic carbocycles. The highest BCUT2D eigenvalue weighted by atomic mass is 15.2. The van der Waals surface area contributed by atoms with Crippen LogP contribution in [-0.4, -0.2) is 40.1 Å². The highest BCUT2D eigenvalue weighted by molar-refractivity contribution is 5.03. The van der Waals surface area contributed by atoms with Gasteiger partial charge in [0.15, 0.2) is 0 Å². The van der Waals surface area contributed by atoms with Crippen molar-refractivity contribution in [1.29, 1.82) is 0 Å². The average molecular weight is 276 g/mol. The van der Waals surface area contributed by atoms with Gasteiger partial charge in [-0.15, -0.1) is 0 Å². The molecular weight excluding hydrogens is 248 g/mol. The quantitative estimate of drug-likeness (QED) is 0.831. The van der Waals surface area contributed by atoms with Crippen molar-refractivity contribution in [1.82, 2.24) is 19.8 Å². The summed E-state index contributed by atoms with van der Waals surface area (Å²) in [5.41, 5.74) is 1.36. The van der Waals surface area contributed by atoms with Gasteiger partial charge in [0, 0.05) is 24.8 Å². The van der Waals surface area contributed by atoms with E-state index in [1.807, 2.05) is 12.5 Å². The smallest absolute Gasteiger partial charge is 0.0951 e. The Hall–Kier alpha value is -0.870. The summed E-state index contributed by atoms with van der Waals surface area (Å²) in [6.07, 6.45) is 11.9. The zero-order valence-corrected chi connectivity index (χ0v) is 12.7. The second kappa shape index (κ2) is 6.72. The van der Waals surface area contributed by atoms with E-state index in [-0.39, 0.29) is 0 Å². The lowest BCUT2D eigenvalue weighted by molar-refractivity contribution is 0.194. The molecule has 2 fully saturated rings. The highest BCUT2D eigenvalue weighted by Gasteiger charge is 2.25. The van der Waals surface area contributed by atoms with E-state index in [0.29, 0.717) is 6.04 Å². The van der Waals surface area contributed by atoms with Crippen molar-refractivity contribution in [3.8, 4) is 0 Å². The molecule has 20 heavy (non-hydrogen) atoms. The van der Waals surface area contributed by atoms with Gasteiger partial charge in [0.1, 0.15) is 0 Å². The van der Waals surface area contributed by atoms with Gasteiger partial charge < -0.3 is 14.8 Å². The molecule has 0 amide bonds. The van der Waals surface area contributed by atoms with E-state index in [0.717, 1.165) is 12.6 Å². The third-order valence-corrected chi connectivity index (χ3v) is 4.67. The predicted octanol–water partition coefficient (Wildman–Crippen LogP) is 2.57. The number of hydrogen-bond acceptors (Lipinski definition) is 3. The minimum Gasteiger partial charge on any atom is -0.330 e. The summed E-state index contributed by atoms with van der Waals surface area (Å²) in [4.78, 5) is 6.93. The lowest BCUT2D eigenvalue weighted by Gasteiger charge is -2.32. The number of piperidine rings is 1. The van der Waals surface area contributed by atoms with Crippen LogP contribution in [0, 0.1) is 0 Å². The maximum atomic E-state index is 4.31. The van der Waals surface area contributed by atoms with Crippen LogP contribution < -0.4 is 5.32 Å². The minimum atomic E-state index is 0.690. The first kappa shape index (κ1) is 14.1. The standard InChI is InChI=1S/C16H28N4/c1-2-3-8-19-9-6-14(7-10-19)18-12-16-11-17-13-20(16)15-4-5-15/h11,13-15,18H,2-10,12H2,1H3. The van der Waals surface area contributed by atoms with Gasteiger partial charge in [-0.3, -0.25) is 0 Å². The monoisotopic (exact) mass is 276 g/mol. The summed E-state index contributed by atoms with van der Waals surface area (Å²) in [6.45, 7) is 7.07. The minimum absolute atomic E-state index is 0.690. The van der Waals surface area contributed by atoms with Crippen molar-refractivity contribution < 1.29 is 0 Å². The van der Waals surface area contributed by atoms with Gasteiger partial charge >= 0.3 is 0 Å². The van der Waals surface area contributed by atoms with Crippen LogP contribution in [0.15, 0.2) is 12.5 Å². The molecule has 2 aliphatic rings. The Morgan fingerprint density at radius 2 is 2.05 bits per heavy atom. The van der Waals surface area contributed by atoms with Gasteiger partial charge in [0.05, 0.1) is 12.0 Å². The normalized spacial score (nSPS) is 21.4. The molecule has 1 saturated carbocycles. The van der Waals surface area contributed by atoms with Crippen LogP contribution in [0.25, 0.3) is 0 Å². The molecule has 0 unspecified atom stereocenters. The summed E-state index contributed by atoms with van der Waals surface area (Å²) in [7, 11) is 0. The van der Waals surface area contributed by atoms with Crippen LogP contribution >= 0.6 is 0 Å². The molecule has 4 nitrogen and oxygen atoms in total. The first-order valence-electron chi connectivity index (χ1n) is 8.33.